The minimum atomic E-state index is -4.40. The number of benzene rings is 1. The summed E-state index contributed by atoms with van der Waals surface area (Å²) in [5.41, 5.74) is 4.95. The van der Waals surface area contributed by atoms with Gasteiger partial charge >= 0.3 is 6.18 Å². The fourth-order valence-corrected chi connectivity index (χ4v) is 2.11. The molecule has 0 saturated heterocycles. The monoisotopic (exact) mass is 348 g/mol. The van der Waals surface area contributed by atoms with E-state index in [0.29, 0.717) is 6.42 Å². The van der Waals surface area contributed by atoms with E-state index in [0.717, 1.165) is 18.6 Å². The number of aliphatic hydroxyl groups excluding tert-OH is 1. The lowest BCUT2D eigenvalue weighted by Crippen LogP contribution is -2.45. The van der Waals surface area contributed by atoms with Crippen LogP contribution in [0.25, 0.3) is 0 Å². The van der Waals surface area contributed by atoms with Gasteiger partial charge in [-0.1, -0.05) is 13.3 Å². The van der Waals surface area contributed by atoms with Crippen molar-refractivity contribution in [3.05, 3.63) is 29.8 Å². The molecule has 0 bridgehead atoms. The number of aliphatic hydroxyl groups is 1. The van der Waals surface area contributed by atoms with Crippen LogP contribution in [0.1, 0.15) is 25.3 Å². The molecule has 0 spiro atoms. The number of alkyl halides is 3. The van der Waals surface area contributed by atoms with Crippen molar-refractivity contribution in [1.82, 2.24) is 4.90 Å². The van der Waals surface area contributed by atoms with Gasteiger partial charge in [-0.2, -0.15) is 13.2 Å². The zero-order chi connectivity index (χ0) is 18.3. The number of ether oxygens (including phenoxy) is 1. The number of carbonyl (C=O) groups excluding carboxylic acids is 1. The summed E-state index contributed by atoms with van der Waals surface area (Å²) in [7, 11) is 1.53. The highest BCUT2D eigenvalue weighted by Gasteiger charge is 2.30. The second-order valence-corrected chi connectivity index (χ2v) is 5.60. The Bertz CT molecular complexity index is 520. The van der Waals surface area contributed by atoms with Crippen LogP contribution in [0.15, 0.2) is 24.3 Å². The van der Waals surface area contributed by atoms with E-state index in [1.807, 2.05) is 6.92 Å². The molecule has 1 aromatic carbocycles. The highest BCUT2D eigenvalue weighted by Crippen LogP contribution is 2.30. The molecule has 136 valence electrons. The van der Waals surface area contributed by atoms with Gasteiger partial charge in [0.05, 0.1) is 11.6 Å². The summed E-state index contributed by atoms with van der Waals surface area (Å²) in [4.78, 5) is 13.2. The van der Waals surface area contributed by atoms with Crippen molar-refractivity contribution in [1.29, 1.82) is 0 Å². The number of hydrogen-bond donors (Lipinski definition) is 2. The molecule has 0 aromatic heterocycles. The van der Waals surface area contributed by atoms with Crippen molar-refractivity contribution >= 4 is 5.91 Å². The predicted octanol–water partition coefficient (Wildman–Crippen LogP) is 2.03. The van der Waals surface area contributed by atoms with Gasteiger partial charge in [0.1, 0.15) is 18.5 Å². The van der Waals surface area contributed by atoms with Crippen LogP contribution in [0.5, 0.6) is 5.75 Å². The van der Waals surface area contributed by atoms with Crippen LogP contribution >= 0.6 is 0 Å². The molecule has 8 heteroatoms. The Kier molecular flexibility index (Phi) is 7.50. The van der Waals surface area contributed by atoms with Gasteiger partial charge in [-0.25, -0.2) is 0 Å². The molecule has 24 heavy (non-hydrogen) atoms. The molecule has 1 aromatic rings. The van der Waals surface area contributed by atoms with Crippen molar-refractivity contribution in [2.45, 2.75) is 38.1 Å². The van der Waals surface area contributed by atoms with E-state index in [4.69, 9.17) is 10.5 Å². The van der Waals surface area contributed by atoms with E-state index in [9.17, 15) is 23.1 Å². The fourth-order valence-electron chi connectivity index (χ4n) is 2.11. The van der Waals surface area contributed by atoms with Crippen molar-refractivity contribution in [3.63, 3.8) is 0 Å². The van der Waals surface area contributed by atoms with Crippen molar-refractivity contribution < 1.29 is 27.8 Å². The third-order valence-corrected chi connectivity index (χ3v) is 3.40. The van der Waals surface area contributed by atoms with E-state index in [-0.39, 0.29) is 24.8 Å². The van der Waals surface area contributed by atoms with Crippen LogP contribution in [0.2, 0.25) is 0 Å². The van der Waals surface area contributed by atoms with Gasteiger partial charge in [-0.05, 0) is 30.7 Å². The number of nitrogens with zero attached hydrogens (tertiary/aromatic N) is 1. The smallest absolute Gasteiger partial charge is 0.416 e. The standard InChI is InChI=1S/C16H23F3N2O3/c1-3-4-14(20)15(23)21(2)9-12(22)10-24-13-7-5-11(6-8-13)16(17,18)19/h5-8,12,14,22H,3-4,9-10,20H2,1-2H3. The molecule has 0 fully saturated rings. The molecule has 1 amide bonds. The summed E-state index contributed by atoms with van der Waals surface area (Å²) in [5.74, 6) is -0.0656. The number of carbonyl (C=O) groups is 1. The van der Waals surface area contributed by atoms with Crippen LogP contribution in [-0.4, -0.2) is 48.3 Å². The van der Waals surface area contributed by atoms with Crippen LogP contribution < -0.4 is 10.5 Å². The first kappa shape index (κ1) is 20.2. The second-order valence-electron chi connectivity index (χ2n) is 5.60. The first-order valence-corrected chi connectivity index (χ1v) is 7.63. The zero-order valence-electron chi connectivity index (χ0n) is 13.7. The van der Waals surface area contributed by atoms with Gasteiger partial charge in [-0.15, -0.1) is 0 Å². The average molecular weight is 348 g/mol. The average Bonchev–Trinajstić information content (AvgIpc) is 2.51. The minimum Gasteiger partial charge on any atom is -0.491 e. The van der Waals surface area contributed by atoms with Crippen LogP contribution in [0, 0.1) is 0 Å². The van der Waals surface area contributed by atoms with Gasteiger partial charge in [0.25, 0.3) is 0 Å². The maximum atomic E-state index is 12.4. The van der Waals surface area contributed by atoms with Gasteiger partial charge in [0, 0.05) is 13.6 Å². The molecule has 5 nitrogen and oxygen atoms in total. The molecule has 1 rings (SSSR count). The topological polar surface area (TPSA) is 75.8 Å². The second kappa shape index (κ2) is 8.89. The van der Waals surface area contributed by atoms with E-state index in [2.05, 4.69) is 0 Å². The van der Waals surface area contributed by atoms with Crippen LogP contribution in [-0.2, 0) is 11.0 Å². The van der Waals surface area contributed by atoms with E-state index >= 15 is 0 Å². The lowest BCUT2D eigenvalue weighted by Gasteiger charge is -2.23. The first-order valence-electron chi connectivity index (χ1n) is 7.63. The Morgan fingerprint density at radius 1 is 1.33 bits per heavy atom. The number of rotatable bonds is 8. The summed E-state index contributed by atoms with van der Waals surface area (Å²) in [5, 5.41) is 9.89. The zero-order valence-corrected chi connectivity index (χ0v) is 13.7. The molecule has 0 heterocycles. The molecule has 3 N–H and O–H groups in total. The largest absolute Gasteiger partial charge is 0.491 e. The lowest BCUT2D eigenvalue weighted by molar-refractivity contribution is -0.137. The maximum Gasteiger partial charge on any atom is 0.416 e. The Hall–Kier alpha value is -1.80. The molecule has 0 saturated carbocycles. The molecule has 0 aliphatic carbocycles. The summed E-state index contributed by atoms with van der Waals surface area (Å²) >= 11 is 0. The lowest BCUT2D eigenvalue weighted by atomic mass is 10.1. The highest BCUT2D eigenvalue weighted by molar-refractivity contribution is 5.81. The Balaban J connectivity index is 2.45. The predicted molar refractivity (Wildman–Crippen MR) is 83.5 cm³/mol. The van der Waals surface area contributed by atoms with E-state index in [1.54, 1.807) is 0 Å². The summed E-state index contributed by atoms with van der Waals surface area (Å²) < 4.78 is 42.6. The number of amides is 1. The summed E-state index contributed by atoms with van der Waals surface area (Å²) in [6.07, 6.45) is -4.05. The molecular formula is C16H23F3N2O3. The minimum absolute atomic E-state index is 0.0247. The van der Waals surface area contributed by atoms with Gasteiger partial charge in [0.2, 0.25) is 5.91 Å². The molecular weight excluding hydrogens is 325 g/mol. The molecule has 0 aliphatic heterocycles. The number of hydrogen-bond acceptors (Lipinski definition) is 4. The number of likely N-dealkylation sites (N-methyl/N-ethyl adjacent to an activating group) is 1. The highest BCUT2D eigenvalue weighted by atomic mass is 19.4. The van der Waals surface area contributed by atoms with Crippen molar-refractivity contribution in [3.8, 4) is 5.75 Å². The molecule has 2 unspecified atom stereocenters. The Labute approximate surface area is 139 Å². The normalized spacial score (nSPS) is 14.1. The summed E-state index contributed by atoms with van der Waals surface area (Å²) in [6.45, 7) is 1.79. The molecule has 0 aliphatic rings. The number of halogens is 3. The van der Waals surface area contributed by atoms with Crippen molar-refractivity contribution in [2.75, 3.05) is 20.2 Å². The van der Waals surface area contributed by atoms with E-state index in [1.165, 1.54) is 24.1 Å². The Morgan fingerprint density at radius 3 is 2.42 bits per heavy atom. The maximum absolute atomic E-state index is 12.4. The molecule has 0 radical (unpaired) electrons. The van der Waals surface area contributed by atoms with Crippen LogP contribution in [0.4, 0.5) is 13.2 Å². The fraction of sp³-hybridized carbons (Fsp3) is 0.562. The first-order chi connectivity index (χ1) is 11.1. The van der Waals surface area contributed by atoms with Gasteiger partial charge < -0.3 is 20.5 Å². The van der Waals surface area contributed by atoms with Crippen molar-refractivity contribution in [2.24, 2.45) is 5.73 Å². The van der Waals surface area contributed by atoms with Gasteiger partial charge in [-0.3, -0.25) is 4.79 Å². The van der Waals surface area contributed by atoms with E-state index < -0.39 is 23.9 Å². The SMILES string of the molecule is CCCC(N)C(=O)N(C)CC(O)COc1ccc(C(F)(F)F)cc1. The molecule has 2 atom stereocenters. The van der Waals surface area contributed by atoms with Crippen LogP contribution in [0.3, 0.4) is 0 Å². The number of nitrogens with two attached hydrogens (primary N) is 1. The third-order valence-electron chi connectivity index (χ3n) is 3.40. The quantitative estimate of drug-likeness (QED) is 0.754. The summed E-state index contributed by atoms with van der Waals surface area (Å²) in [6, 6.07) is 3.56. The van der Waals surface area contributed by atoms with Gasteiger partial charge in [0.15, 0.2) is 0 Å². The Morgan fingerprint density at radius 2 is 1.92 bits per heavy atom. The third kappa shape index (κ3) is 6.37.